The molecule has 4 nitrogen and oxygen atoms in total. The second-order valence-corrected chi connectivity index (χ2v) is 10.3. The van der Waals surface area contributed by atoms with Crippen LogP contribution in [0.25, 0.3) is 0 Å². The molecule has 0 heterocycles. The Morgan fingerprint density at radius 1 is 1.11 bits per heavy atom. The molecular weight excluding hydrogens is 269 g/mol. The summed E-state index contributed by atoms with van der Waals surface area (Å²) in [6.45, 7) is -3.17. The molecular formula is C12H22NO3PS. The van der Waals surface area contributed by atoms with Crippen LogP contribution in [0.4, 0.5) is 0 Å². The predicted molar refractivity (Wildman–Crippen MR) is 73.4 cm³/mol. The molecule has 3 N–H and O–H groups in total. The first kappa shape index (κ1) is 13.4. The van der Waals surface area contributed by atoms with Crippen LogP contribution in [0.15, 0.2) is 0 Å². The lowest BCUT2D eigenvalue weighted by molar-refractivity contribution is -0.0185. The Hall–Kier alpha value is 0.460. The Kier molecular flexibility index (Phi) is 3.57. The molecule has 0 atom stereocenters. The maximum absolute atomic E-state index is 10.8. The van der Waals surface area contributed by atoms with Crippen LogP contribution < -0.4 is 5.32 Å². The normalized spacial score (nSPS) is 42.4. The van der Waals surface area contributed by atoms with E-state index < -0.39 is 6.80 Å². The lowest BCUT2D eigenvalue weighted by Gasteiger charge is -2.57. The van der Waals surface area contributed by atoms with Crippen molar-refractivity contribution in [2.45, 2.75) is 44.1 Å². The van der Waals surface area contributed by atoms with Crippen molar-refractivity contribution in [3.8, 4) is 0 Å². The average Bonchev–Trinajstić information content (AvgIpc) is 2.21. The number of hydrogen-bond donors (Lipinski definition) is 3. The Morgan fingerprint density at radius 3 is 2.06 bits per heavy atom. The minimum absolute atomic E-state index is 0.310. The van der Waals surface area contributed by atoms with Gasteiger partial charge in [-0.1, -0.05) is 0 Å². The molecule has 0 unspecified atom stereocenters. The van der Waals surface area contributed by atoms with Crippen LogP contribution in [0.3, 0.4) is 0 Å². The van der Waals surface area contributed by atoms with Gasteiger partial charge in [0.25, 0.3) is 0 Å². The summed E-state index contributed by atoms with van der Waals surface area (Å²) in [5, 5.41) is 3.64. The first-order valence-corrected chi connectivity index (χ1v) is 10.1. The number of nitrogens with one attached hydrogen (secondary N) is 1. The van der Waals surface area contributed by atoms with Crippen LogP contribution in [0.5, 0.6) is 0 Å². The van der Waals surface area contributed by atoms with Gasteiger partial charge in [-0.3, -0.25) is 0 Å². The zero-order valence-electron chi connectivity index (χ0n) is 10.5. The van der Waals surface area contributed by atoms with E-state index in [9.17, 15) is 4.57 Å². The molecule has 0 aliphatic heterocycles. The summed E-state index contributed by atoms with van der Waals surface area (Å²) in [5.74, 6) is 3.25. The summed E-state index contributed by atoms with van der Waals surface area (Å²) in [4.78, 5) is 17.6. The molecule has 0 aromatic carbocycles. The number of hydrogen-bond acceptors (Lipinski definition) is 3. The third-order valence-corrected chi connectivity index (χ3v) is 7.18. The minimum Gasteiger partial charge on any atom is -0.317 e. The molecule has 0 aromatic heterocycles. The van der Waals surface area contributed by atoms with Gasteiger partial charge in [-0.15, -0.1) is 0 Å². The van der Waals surface area contributed by atoms with E-state index in [1.54, 1.807) is 0 Å². The highest BCUT2D eigenvalue weighted by Crippen LogP contribution is 2.55. The fourth-order valence-corrected chi connectivity index (χ4v) is 6.23. The van der Waals surface area contributed by atoms with Gasteiger partial charge in [-0.25, -0.2) is 4.57 Å². The molecule has 4 saturated carbocycles. The van der Waals surface area contributed by atoms with Gasteiger partial charge in [0.1, 0.15) is 0 Å². The quantitative estimate of drug-likeness (QED) is 0.536. The van der Waals surface area contributed by atoms with E-state index in [1.807, 2.05) is 0 Å². The Bertz CT molecular complexity index is 335. The maximum Gasteiger partial charge on any atom is 0.384 e. The van der Waals surface area contributed by atoms with Gasteiger partial charge in [-0.05, 0) is 67.7 Å². The molecule has 4 fully saturated rings. The summed E-state index contributed by atoms with van der Waals surface area (Å²) >= 11 is 0.766. The fraction of sp³-hybridized carbons (Fsp3) is 1.00. The summed E-state index contributed by atoms with van der Waals surface area (Å²) in [7, 11) is 0. The van der Waals surface area contributed by atoms with Crippen molar-refractivity contribution in [2.24, 2.45) is 17.8 Å². The monoisotopic (exact) mass is 291 g/mol. The highest BCUT2D eigenvalue weighted by Gasteiger charge is 2.50. The van der Waals surface area contributed by atoms with E-state index in [1.165, 1.54) is 38.5 Å². The summed E-state index contributed by atoms with van der Waals surface area (Å²) in [6.07, 6.45) is 8.16. The molecule has 4 aliphatic carbocycles. The Labute approximate surface area is 112 Å². The van der Waals surface area contributed by atoms with Crippen LogP contribution in [-0.2, 0) is 4.57 Å². The topological polar surface area (TPSA) is 69.6 Å². The van der Waals surface area contributed by atoms with Gasteiger partial charge in [0, 0.05) is 17.8 Å². The van der Waals surface area contributed by atoms with E-state index in [4.69, 9.17) is 9.79 Å². The molecule has 6 heteroatoms. The van der Waals surface area contributed by atoms with E-state index in [-0.39, 0.29) is 0 Å². The molecule has 104 valence electrons. The minimum atomic E-state index is -3.89. The van der Waals surface area contributed by atoms with Gasteiger partial charge in [0.15, 0.2) is 0 Å². The van der Waals surface area contributed by atoms with Crippen LogP contribution in [0.2, 0.25) is 0 Å². The molecule has 0 saturated heterocycles. The van der Waals surface area contributed by atoms with Crippen molar-refractivity contribution < 1.29 is 14.4 Å². The fourth-order valence-electron chi connectivity index (χ4n) is 4.81. The van der Waals surface area contributed by atoms with Gasteiger partial charge in [0.2, 0.25) is 0 Å². The van der Waals surface area contributed by atoms with Gasteiger partial charge < -0.3 is 15.1 Å². The molecule has 4 bridgehead atoms. The van der Waals surface area contributed by atoms with Crippen LogP contribution >= 0.6 is 18.2 Å². The molecule has 4 aliphatic rings. The molecule has 0 aromatic rings. The van der Waals surface area contributed by atoms with Crippen LogP contribution in [0.1, 0.15) is 38.5 Å². The van der Waals surface area contributed by atoms with Crippen LogP contribution in [-0.4, -0.2) is 27.6 Å². The zero-order valence-corrected chi connectivity index (χ0v) is 12.3. The van der Waals surface area contributed by atoms with Crippen molar-refractivity contribution in [3.63, 3.8) is 0 Å². The largest absolute Gasteiger partial charge is 0.384 e. The lowest BCUT2D eigenvalue weighted by atomic mass is 9.53. The average molecular weight is 291 g/mol. The highest BCUT2D eigenvalue weighted by atomic mass is 32.7. The van der Waals surface area contributed by atoms with Crippen molar-refractivity contribution in [2.75, 3.05) is 12.3 Å². The van der Waals surface area contributed by atoms with Gasteiger partial charge >= 0.3 is 6.80 Å². The highest BCUT2D eigenvalue weighted by molar-refractivity contribution is 8.54. The van der Waals surface area contributed by atoms with Crippen molar-refractivity contribution in [3.05, 3.63) is 0 Å². The van der Waals surface area contributed by atoms with Gasteiger partial charge in [0.05, 0.1) is 0 Å². The molecule has 0 radical (unpaired) electrons. The van der Waals surface area contributed by atoms with Gasteiger partial charge in [-0.2, -0.15) is 0 Å². The molecule has 0 spiro atoms. The lowest BCUT2D eigenvalue weighted by Crippen LogP contribution is -2.58. The van der Waals surface area contributed by atoms with Crippen molar-refractivity contribution in [1.82, 2.24) is 5.32 Å². The smallest absolute Gasteiger partial charge is 0.317 e. The van der Waals surface area contributed by atoms with E-state index in [0.717, 1.165) is 35.7 Å². The number of rotatable bonds is 5. The Morgan fingerprint density at radius 2 is 1.61 bits per heavy atom. The summed E-state index contributed by atoms with van der Waals surface area (Å²) in [6, 6.07) is 0. The first-order valence-electron chi connectivity index (χ1n) is 6.89. The second kappa shape index (κ2) is 4.78. The van der Waals surface area contributed by atoms with E-state index >= 15 is 0 Å². The second-order valence-electron chi connectivity index (χ2n) is 6.45. The van der Waals surface area contributed by atoms with Crippen molar-refractivity contribution in [1.29, 1.82) is 0 Å². The first-order chi connectivity index (χ1) is 8.44. The molecule has 18 heavy (non-hydrogen) atoms. The van der Waals surface area contributed by atoms with Crippen molar-refractivity contribution >= 4 is 18.2 Å². The zero-order chi connectivity index (χ0) is 12.8. The SMILES string of the molecule is O=P(O)(O)SCCNC12CC3CC(CC(C3)C1)C2. The Balaban J connectivity index is 1.52. The summed E-state index contributed by atoms with van der Waals surface area (Å²) in [5.41, 5.74) is 0.310. The third-order valence-electron chi connectivity index (χ3n) is 4.90. The van der Waals surface area contributed by atoms with E-state index in [0.29, 0.717) is 11.3 Å². The van der Waals surface area contributed by atoms with Crippen LogP contribution in [0, 0.1) is 17.8 Å². The van der Waals surface area contributed by atoms with E-state index in [2.05, 4.69) is 5.32 Å². The summed E-state index contributed by atoms with van der Waals surface area (Å²) < 4.78 is 10.8. The maximum atomic E-state index is 10.8. The standard InChI is InChI=1S/C12H22NO3PS/c14-17(15,16)18-2-1-13-12-6-9-3-10(7-12)5-11(4-9)8-12/h9-11,13H,1-8H2,(H2,14,15,16). The molecule has 0 amide bonds. The third kappa shape index (κ3) is 2.96. The predicted octanol–water partition coefficient (Wildman–Crippen LogP) is 2.37. The molecule has 4 rings (SSSR count).